The maximum Gasteiger partial charge on any atom is 0.338 e. The summed E-state index contributed by atoms with van der Waals surface area (Å²) < 4.78 is 11.8. The highest BCUT2D eigenvalue weighted by molar-refractivity contribution is 6.30. The molecule has 4 heterocycles. The zero-order chi connectivity index (χ0) is 22.9. The quantitative estimate of drug-likeness (QED) is 0.424. The Morgan fingerprint density at radius 3 is 2.73 bits per heavy atom. The van der Waals surface area contributed by atoms with E-state index in [2.05, 4.69) is 16.8 Å². The highest BCUT2D eigenvalue weighted by atomic mass is 35.5. The molecule has 0 amide bonds. The van der Waals surface area contributed by atoms with Crippen LogP contribution in [-0.4, -0.2) is 42.1 Å². The molecule has 2 bridgehead atoms. The summed E-state index contributed by atoms with van der Waals surface area (Å²) in [6, 6.07) is 14.9. The Balaban J connectivity index is 1.55. The van der Waals surface area contributed by atoms with Gasteiger partial charge in [-0.15, -0.1) is 0 Å². The summed E-state index contributed by atoms with van der Waals surface area (Å²) in [4.78, 5) is 20.3. The summed E-state index contributed by atoms with van der Waals surface area (Å²) in [5, 5.41) is 1.55. The molecule has 5 atom stereocenters. The summed E-state index contributed by atoms with van der Waals surface area (Å²) in [5.41, 5.74) is 2.35. The zero-order valence-electron chi connectivity index (χ0n) is 19.0. The first-order valence-corrected chi connectivity index (χ1v) is 12.1. The smallest absolute Gasteiger partial charge is 0.338 e. The average molecular weight is 465 g/mol. The highest BCUT2D eigenvalue weighted by Gasteiger charge is 2.44. The molecule has 0 aliphatic carbocycles. The van der Waals surface area contributed by atoms with Gasteiger partial charge in [0.2, 0.25) is 0 Å². The number of nitrogens with zero attached hydrogens (tertiary/aromatic N) is 2. The van der Waals surface area contributed by atoms with E-state index in [-0.39, 0.29) is 12.0 Å². The topological polar surface area (TPSA) is 51.7 Å². The van der Waals surface area contributed by atoms with E-state index in [1.54, 1.807) is 37.6 Å². The van der Waals surface area contributed by atoms with Gasteiger partial charge in [-0.3, -0.25) is 9.88 Å². The second-order valence-corrected chi connectivity index (χ2v) is 9.57. The molecular formula is C27H29ClN2O3. The Hall–Kier alpha value is -2.63. The zero-order valence-corrected chi connectivity index (χ0v) is 19.8. The molecule has 3 aliphatic rings. The molecule has 0 radical (unpaired) electrons. The normalized spacial score (nSPS) is 25.1. The standard InChI is InChI=1S/C27H29ClN2O3/c1-3-17-16-30-13-11-19(17)14-25(30)26(33-27(31)18-4-6-20(28)7-5-18)22-10-12-29-24-9-8-21(32-2)15-23(22)24/h4-10,12,15,17,19,25-26H,3,11,13-14,16H2,1-2H3/t17-,19-,25-,26-/m1/s1. The van der Waals surface area contributed by atoms with Crippen molar-refractivity contribution in [3.63, 3.8) is 0 Å². The van der Waals surface area contributed by atoms with Gasteiger partial charge in [0, 0.05) is 28.7 Å². The molecular weight excluding hydrogens is 436 g/mol. The largest absolute Gasteiger partial charge is 0.497 e. The Kier molecular flexibility index (Phi) is 6.26. The van der Waals surface area contributed by atoms with Gasteiger partial charge in [-0.1, -0.05) is 24.9 Å². The van der Waals surface area contributed by atoms with Gasteiger partial charge in [-0.2, -0.15) is 0 Å². The van der Waals surface area contributed by atoms with E-state index in [0.717, 1.165) is 47.6 Å². The van der Waals surface area contributed by atoms with E-state index in [1.165, 1.54) is 12.8 Å². The van der Waals surface area contributed by atoms with E-state index >= 15 is 0 Å². The minimum absolute atomic E-state index is 0.139. The van der Waals surface area contributed by atoms with E-state index in [1.807, 2.05) is 24.3 Å². The van der Waals surface area contributed by atoms with E-state index < -0.39 is 6.10 Å². The number of carbonyl (C=O) groups excluding carboxylic acids is 1. The molecule has 0 N–H and O–H groups in total. The van der Waals surface area contributed by atoms with E-state index in [4.69, 9.17) is 21.1 Å². The Labute approximate surface area is 199 Å². The van der Waals surface area contributed by atoms with Crippen LogP contribution in [0.25, 0.3) is 10.9 Å². The molecule has 3 saturated heterocycles. The van der Waals surface area contributed by atoms with Crippen LogP contribution in [0.1, 0.15) is 48.2 Å². The lowest BCUT2D eigenvalue weighted by Crippen LogP contribution is -2.55. The van der Waals surface area contributed by atoms with Crippen molar-refractivity contribution in [3.8, 4) is 5.75 Å². The van der Waals surface area contributed by atoms with Gasteiger partial charge in [0.1, 0.15) is 11.9 Å². The third kappa shape index (κ3) is 4.32. The van der Waals surface area contributed by atoms with Crippen LogP contribution < -0.4 is 4.74 Å². The van der Waals surface area contributed by atoms with Crippen LogP contribution in [0.5, 0.6) is 5.75 Å². The number of halogens is 1. The number of piperidine rings is 3. The number of ether oxygens (including phenoxy) is 2. The number of aromatic nitrogens is 1. The van der Waals surface area contributed by atoms with Crippen molar-refractivity contribution in [2.45, 2.75) is 38.3 Å². The number of fused-ring (bicyclic) bond motifs is 4. The van der Waals surface area contributed by atoms with Gasteiger partial charge >= 0.3 is 5.97 Å². The van der Waals surface area contributed by atoms with Gasteiger partial charge in [0.15, 0.2) is 0 Å². The van der Waals surface area contributed by atoms with Crippen molar-refractivity contribution < 1.29 is 14.3 Å². The first-order valence-electron chi connectivity index (χ1n) is 11.7. The van der Waals surface area contributed by atoms with Crippen LogP contribution in [-0.2, 0) is 4.74 Å². The molecule has 5 nitrogen and oxygen atoms in total. The molecule has 0 saturated carbocycles. The monoisotopic (exact) mass is 464 g/mol. The Morgan fingerprint density at radius 2 is 2.03 bits per heavy atom. The number of rotatable bonds is 6. The van der Waals surface area contributed by atoms with Crippen molar-refractivity contribution in [3.05, 3.63) is 70.9 Å². The van der Waals surface area contributed by atoms with Crippen LogP contribution in [0, 0.1) is 11.8 Å². The van der Waals surface area contributed by atoms with E-state index in [0.29, 0.717) is 16.5 Å². The maximum absolute atomic E-state index is 13.2. The van der Waals surface area contributed by atoms with Gasteiger partial charge in [-0.05, 0) is 79.8 Å². The Bertz CT molecular complexity index is 1150. The third-order valence-corrected chi connectivity index (χ3v) is 7.66. The second-order valence-electron chi connectivity index (χ2n) is 9.13. The summed E-state index contributed by atoms with van der Waals surface area (Å²) in [6.45, 7) is 4.39. The molecule has 1 aromatic heterocycles. The van der Waals surface area contributed by atoms with Crippen molar-refractivity contribution in [1.29, 1.82) is 0 Å². The van der Waals surface area contributed by atoms with Crippen molar-refractivity contribution in [2.75, 3.05) is 20.2 Å². The molecule has 1 unspecified atom stereocenters. The number of esters is 1. The molecule has 33 heavy (non-hydrogen) atoms. The second kappa shape index (κ2) is 9.32. The number of hydrogen-bond acceptors (Lipinski definition) is 5. The average Bonchev–Trinajstić information content (AvgIpc) is 2.87. The predicted molar refractivity (Wildman–Crippen MR) is 130 cm³/mol. The van der Waals surface area contributed by atoms with Crippen LogP contribution in [0.4, 0.5) is 0 Å². The third-order valence-electron chi connectivity index (χ3n) is 7.41. The number of benzene rings is 2. The first-order chi connectivity index (χ1) is 16.1. The van der Waals surface area contributed by atoms with E-state index in [9.17, 15) is 4.79 Å². The first kappa shape index (κ1) is 22.2. The molecule has 0 spiro atoms. The van der Waals surface area contributed by atoms with Gasteiger partial charge in [0.05, 0.1) is 24.2 Å². The van der Waals surface area contributed by atoms with Crippen molar-refractivity contribution in [2.24, 2.45) is 11.8 Å². The minimum Gasteiger partial charge on any atom is -0.497 e. The maximum atomic E-state index is 13.2. The van der Waals surface area contributed by atoms with Crippen LogP contribution >= 0.6 is 11.6 Å². The molecule has 6 rings (SSSR count). The van der Waals surface area contributed by atoms with Crippen LogP contribution in [0.2, 0.25) is 5.02 Å². The van der Waals surface area contributed by atoms with Gasteiger partial charge < -0.3 is 9.47 Å². The van der Waals surface area contributed by atoms with Crippen LogP contribution in [0.15, 0.2) is 54.7 Å². The number of hydrogen-bond donors (Lipinski definition) is 0. The fourth-order valence-corrected chi connectivity index (χ4v) is 5.72. The SMILES string of the molecule is CC[C@@H]1CN2CC[C@@H]1C[C@@H]2[C@H](OC(=O)c1ccc(Cl)cc1)c1ccnc2ccc(OC)cc12. The van der Waals surface area contributed by atoms with Crippen molar-refractivity contribution in [1.82, 2.24) is 9.88 Å². The van der Waals surface area contributed by atoms with Gasteiger partial charge in [-0.25, -0.2) is 4.79 Å². The molecule has 172 valence electrons. The lowest BCUT2D eigenvalue weighted by Gasteiger charge is -2.51. The molecule has 6 heteroatoms. The van der Waals surface area contributed by atoms with Crippen LogP contribution in [0.3, 0.4) is 0 Å². The Morgan fingerprint density at radius 1 is 1.21 bits per heavy atom. The highest BCUT2D eigenvalue weighted by Crippen LogP contribution is 2.44. The minimum atomic E-state index is -0.397. The number of methoxy groups -OCH3 is 1. The van der Waals surface area contributed by atoms with Gasteiger partial charge in [0.25, 0.3) is 0 Å². The number of carbonyl (C=O) groups is 1. The summed E-state index contributed by atoms with van der Waals surface area (Å²) in [7, 11) is 1.66. The lowest BCUT2D eigenvalue weighted by atomic mass is 9.72. The lowest BCUT2D eigenvalue weighted by molar-refractivity contribution is -0.0659. The number of pyridine rings is 1. The molecule has 3 aliphatic heterocycles. The fourth-order valence-electron chi connectivity index (χ4n) is 5.60. The summed E-state index contributed by atoms with van der Waals surface area (Å²) in [5.74, 6) is 1.82. The summed E-state index contributed by atoms with van der Waals surface area (Å²) in [6.07, 6.45) is 4.85. The van der Waals surface area contributed by atoms with Crippen molar-refractivity contribution >= 4 is 28.5 Å². The fraction of sp³-hybridized carbons (Fsp3) is 0.407. The summed E-state index contributed by atoms with van der Waals surface area (Å²) >= 11 is 6.03. The molecule has 3 aromatic rings. The molecule has 3 fully saturated rings. The predicted octanol–water partition coefficient (Wildman–Crippen LogP) is 5.92. The molecule has 2 aromatic carbocycles.